The second kappa shape index (κ2) is 12.0. The van der Waals surface area contributed by atoms with Crippen molar-refractivity contribution in [1.82, 2.24) is 14.9 Å². The first kappa shape index (κ1) is 26.9. The van der Waals surface area contributed by atoms with Crippen molar-refractivity contribution >= 4 is 35.5 Å². The molecule has 2 aromatic rings. The Kier molecular flexibility index (Phi) is 8.47. The average Bonchev–Trinajstić information content (AvgIpc) is 3.26. The van der Waals surface area contributed by atoms with Crippen LogP contribution in [-0.2, 0) is 27.2 Å². The lowest BCUT2D eigenvalue weighted by atomic mass is 10.0. The Hall–Kier alpha value is -4.12. The van der Waals surface area contributed by atoms with E-state index in [4.69, 9.17) is 15.2 Å². The third kappa shape index (κ3) is 5.72. The molecule has 4 rings (SSSR count). The monoisotopic (exact) mass is 522 g/mol. The minimum Gasteiger partial charge on any atom is -0.381 e. The smallest absolute Gasteiger partial charge is 0.328 e. The Morgan fingerprint density at radius 1 is 1.37 bits per heavy atom. The van der Waals surface area contributed by atoms with E-state index in [1.54, 1.807) is 4.90 Å². The number of rotatable bonds is 9. The lowest BCUT2D eigenvalue weighted by Crippen LogP contribution is -2.40. The molecule has 0 aliphatic carbocycles. The van der Waals surface area contributed by atoms with Gasteiger partial charge < -0.3 is 25.4 Å². The molecule has 0 radical (unpaired) electrons. The molecule has 0 unspecified atom stereocenters. The molecule has 2 aliphatic rings. The van der Waals surface area contributed by atoms with Crippen molar-refractivity contribution < 1.29 is 23.9 Å². The molecule has 4 N–H and O–H groups in total. The minimum absolute atomic E-state index is 0.116. The Morgan fingerprint density at radius 3 is 2.87 bits per heavy atom. The van der Waals surface area contributed by atoms with Crippen molar-refractivity contribution in [2.45, 2.75) is 38.1 Å². The van der Waals surface area contributed by atoms with E-state index in [0.717, 1.165) is 5.56 Å². The van der Waals surface area contributed by atoms with E-state index in [1.165, 1.54) is 31.4 Å². The van der Waals surface area contributed by atoms with E-state index >= 15 is 0 Å². The zero-order chi connectivity index (χ0) is 27.2. The first-order chi connectivity index (χ1) is 18.4. The number of ether oxygens (including phenoxy) is 2. The van der Waals surface area contributed by atoms with Gasteiger partial charge in [0.25, 0.3) is 5.91 Å². The number of aryl methyl sites for hydroxylation is 1. The highest BCUT2D eigenvalue weighted by Crippen LogP contribution is 2.29. The van der Waals surface area contributed by atoms with Crippen LogP contribution in [0.25, 0.3) is 0 Å². The number of likely N-dealkylation sites (tertiary alicyclic amines) is 1. The maximum atomic E-state index is 13.2. The van der Waals surface area contributed by atoms with Gasteiger partial charge in [0.1, 0.15) is 29.5 Å². The number of nitriles is 1. The van der Waals surface area contributed by atoms with Gasteiger partial charge in [0, 0.05) is 58.1 Å². The lowest BCUT2D eigenvalue weighted by molar-refractivity contribution is -0.136. The number of aldehydes is 1. The minimum atomic E-state index is -0.566. The summed E-state index contributed by atoms with van der Waals surface area (Å²) in [5.41, 5.74) is 8.22. The van der Waals surface area contributed by atoms with E-state index in [2.05, 4.69) is 20.6 Å². The van der Waals surface area contributed by atoms with Crippen LogP contribution in [0.3, 0.4) is 0 Å². The number of carbonyl (C=O) groups excluding carboxylic acids is 3. The van der Waals surface area contributed by atoms with Crippen LogP contribution in [0.4, 0.5) is 22.1 Å². The second-order valence-corrected chi connectivity index (χ2v) is 9.02. The van der Waals surface area contributed by atoms with Crippen LogP contribution in [0.2, 0.25) is 0 Å². The number of pyridine rings is 2. The summed E-state index contributed by atoms with van der Waals surface area (Å²) in [6.45, 7) is 1.39. The summed E-state index contributed by atoms with van der Waals surface area (Å²) in [6.07, 6.45) is 2.90. The molecule has 0 spiro atoms. The van der Waals surface area contributed by atoms with E-state index in [9.17, 15) is 19.6 Å². The van der Waals surface area contributed by atoms with Crippen LogP contribution in [-0.4, -0.2) is 79.3 Å². The predicted octanol–water partition coefficient (Wildman–Crippen LogP) is 1.24. The molecular weight excluding hydrogens is 492 g/mol. The number of carbonyl (C=O) groups is 3. The summed E-state index contributed by atoms with van der Waals surface area (Å²) >= 11 is 0. The Morgan fingerprint density at radius 2 is 2.18 bits per heavy atom. The fourth-order valence-electron chi connectivity index (χ4n) is 4.61. The molecule has 38 heavy (non-hydrogen) atoms. The molecule has 13 nitrogen and oxygen atoms in total. The number of fused-ring (bicyclic) bond motifs is 1. The van der Waals surface area contributed by atoms with Gasteiger partial charge >= 0.3 is 6.03 Å². The number of nitrogens with two attached hydrogens (primary N) is 1. The first-order valence-corrected chi connectivity index (χ1v) is 12.2. The highest BCUT2D eigenvalue weighted by atomic mass is 16.5. The number of nitrogens with one attached hydrogen (secondary N) is 2. The summed E-state index contributed by atoms with van der Waals surface area (Å²) in [4.78, 5) is 49.4. The van der Waals surface area contributed by atoms with Crippen LogP contribution in [0, 0.1) is 11.3 Å². The Labute approximate surface area is 219 Å². The van der Waals surface area contributed by atoms with Gasteiger partial charge in [-0.3, -0.25) is 19.8 Å². The molecule has 2 aliphatic heterocycles. The first-order valence-electron chi connectivity index (χ1n) is 12.2. The summed E-state index contributed by atoms with van der Waals surface area (Å²) in [7, 11) is 3.01. The molecule has 13 heteroatoms. The van der Waals surface area contributed by atoms with Crippen molar-refractivity contribution in [2.75, 3.05) is 49.4 Å². The van der Waals surface area contributed by atoms with Crippen molar-refractivity contribution in [3.8, 4) is 6.07 Å². The predicted molar refractivity (Wildman–Crippen MR) is 138 cm³/mol. The van der Waals surface area contributed by atoms with E-state index in [1.807, 2.05) is 12.1 Å². The number of methoxy groups -OCH3 is 2. The summed E-state index contributed by atoms with van der Waals surface area (Å²) in [6, 6.07) is 4.92. The SMILES string of the molecule is COC[C@H](N)Nc1cc(NC(=O)N2CCCc3cc(CN4CC[C@H](OC)C4=O)c(C=O)nc32)ncc1C#N. The number of aromatic nitrogens is 2. The Balaban J connectivity index is 1.54. The Bertz CT molecular complexity index is 1260. The van der Waals surface area contributed by atoms with Gasteiger partial charge in [-0.1, -0.05) is 0 Å². The van der Waals surface area contributed by atoms with E-state index < -0.39 is 18.3 Å². The number of amides is 3. The van der Waals surface area contributed by atoms with Gasteiger partial charge in [0.15, 0.2) is 6.29 Å². The largest absolute Gasteiger partial charge is 0.381 e. The van der Waals surface area contributed by atoms with Gasteiger partial charge in [-0.2, -0.15) is 5.26 Å². The number of nitrogens with zero attached hydrogens (tertiary/aromatic N) is 5. The van der Waals surface area contributed by atoms with Crippen LogP contribution >= 0.6 is 0 Å². The van der Waals surface area contributed by atoms with Crippen LogP contribution < -0.4 is 21.3 Å². The lowest BCUT2D eigenvalue weighted by Gasteiger charge is -2.29. The maximum Gasteiger partial charge on any atom is 0.328 e. The van der Waals surface area contributed by atoms with Crippen molar-refractivity contribution in [3.05, 3.63) is 40.7 Å². The quantitative estimate of drug-likeness (QED) is 0.321. The van der Waals surface area contributed by atoms with E-state index in [-0.39, 0.29) is 36.1 Å². The highest BCUT2D eigenvalue weighted by molar-refractivity contribution is 6.02. The van der Waals surface area contributed by atoms with Gasteiger partial charge in [0.2, 0.25) is 0 Å². The highest BCUT2D eigenvalue weighted by Gasteiger charge is 2.33. The zero-order valence-electron chi connectivity index (χ0n) is 21.3. The molecule has 0 bridgehead atoms. The molecule has 0 saturated carbocycles. The molecular formula is C25H30N8O5. The van der Waals surface area contributed by atoms with Crippen molar-refractivity contribution in [2.24, 2.45) is 5.73 Å². The van der Waals surface area contributed by atoms with Crippen LogP contribution in [0.1, 0.15) is 40.0 Å². The third-order valence-corrected chi connectivity index (χ3v) is 6.47. The van der Waals surface area contributed by atoms with Crippen molar-refractivity contribution in [1.29, 1.82) is 5.26 Å². The third-order valence-electron chi connectivity index (χ3n) is 6.47. The second-order valence-electron chi connectivity index (χ2n) is 9.02. The zero-order valence-corrected chi connectivity index (χ0v) is 21.3. The number of urea groups is 1. The van der Waals surface area contributed by atoms with Crippen molar-refractivity contribution in [3.63, 3.8) is 0 Å². The maximum absolute atomic E-state index is 13.2. The fourth-order valence-corrected chi connectivity index (χ4v) is 4.61. The fraction of sp³-hybridized carbons (Fsp3) is 0.440. The normalized spacial score (nSPS) is 17.5. The topological polar surface area (TPSA) is 176 Å². The van der Waals surface area contributed by atoms with Gasteiger partial charge in [-0.25, -0.2) is 14.8 Å². The number of anilines is 3. The molecule has 2 aromatic heterocycles. The molecule has 1 saturated heterocycles. The van der Waals surface area contributed by atoms with Crippen LogP contribution in [0.15, 0.2) is 18.3 Å². The summed E-state index contributed by atoms with van der Waals surface area (Å²) in [5.74, 6) is 0.479. The number of hydrogen-bond donors (Lipinski definition) is 3. The molecule has 1 fully saturated rings. The summed E-state index contributed by atoms with van der Waals surface area (Å²) < 4.78 is 10.2. The molecule has 3 amide bonds. The van der Waals surface area contributed by atoms with Gasteiger partial charge in [0.05, 0.1) is 24.0 Å². The molecule has 200 valence electrons. The standard InChI is InChI=1S/C25H30N8O5/c1-37-14-21(27)29-18-9-22(28-11-17(18)10-26)31-25(36)33-6-3-4-15-8-16(19(13-34)30-23(15)33)12-32-7-5-20(38-2)24(32)35/h8-9,11,13,20-21H,3-7,12,14,27H2,1-2H3,(H2,28,29,31,36)/t20-,21+/m0/s1. The molecule has 2 atom stereocenters. The number of hydrogen-bond acceptors (Lipinski definition) is 10. The molecule has 4 heterocycles. The van der Waals surface area contributed by atoms with Gasteiger partial charge in [-0.15, -0.1) is 0 Å². The average molecular weight is 523 g/mol. The molecule has 0 aromatic carbocycles. The van der Waals surface area contributed by atoms with Gasteiger partial charge in [-0.05, 0) is 24.5 Å². The summed E-state index contributed by atoms with van der Waals surface area (Å²) in [5, 5.41) is 15.1. The van der Waals surface area contributed by atoms with E-state index in [0.29, 0.717) is 55.7 Å². The van der Waals surface area contributed by atoms with Crippen LogP contribution in [0.5, 0.6) is 0 Å².